The fourth-order valence-electron chi connectivity index (χ4n) is 2.41. The molecule has 0 aromatic carbocycles. The Labute approximate surface area is 103 Å². The van der Waals surface area contributed by atoms with Gasteiger partial charge in [-0.25, -0.2) is 4.98 Å². The standard InChI is InChI=1S/C14H19N3/c1-11-3-2-4-12(6-5-11)17-14-8-7-13(9-15)16-10-14/h7-8,10-12,17H,2-6H2,1H3. The molecule has 0 amide bonds. The van der Waals surface area contributed by atoms with Crippen LogP contribution in [0, 0.1) is 17.2 Å². The van der Waals surface area contributed by atoms with Crippen molar-refractivity contribution in [2.75, 3.05) is 5.32 Å². The number of rotatable bonds is 2. The number of nitriles is 1. The van der Waals surface area contributed by atoms with E-state index in [0.29, 0.717) is 11.7 Å². The molecule has 0 radical (unpaired) electrons. The van der Waals surface area contributed by atoms with Crippen LogP contribution >= 0.6 is 0 Å². The van der Waals surface area contributed by atoms with E-state index in [0.717, 1.165) is 11.6 Å². The van der Waals surface area contributed by atoms with Crippen molar-refractivity contribution in [2.45, 2.75) is 45.1 Å². The molecular formula is C14H19N3. The lowest BCUT2D eigenvalue weighted by Gasteiger charge is -2.17. The Morgan fingerprint density at radius 3 is 2.88 bits per heavy atom. The van der Waals surface area contributed by atoms with Crippen molar-refractivity contribution in [2.24, 2.45) is 5.92 Å². The molecule has 3 nitrogen and oxygen atoms in total. The topological polar surface area (TPSA) is 48.7 Å². The van der Waals surface area contributed by atoms with Gasteiger partial charge in [0.1, 0.15) is 11.8 Å². The van der Waals surface area contributed by atoms with Crippen molar-refractivity contribution < 1.29 is 0 Å². The monoisotopic (exact) mass is 229 g/mol. The molecule has 1 heterocycles. The molecule has 2 atom stereocenters. The first kappa shape index (κ1) is 11.9. The number of hydrogen-bond donors (Lipinski definition) is 1. The van der Waals surface area contributed by atoms with Gasteiger partial charge in [-0.1, -0.05) is 19.8 Å². The van der Waals surface area contributed by atoms with Gasteiger partial charge in [0.25, 0.3) is 0 Å². The summed E-state index contributed by atoms with van der Waals surface area (Å²) in [5.74, 6) is 0.862. The van der Waals surface area contributed by atoms with Gasteiger partial charge in [0.05, 0.1) is 11.9 Å². The highest BCUT2D eigenvalue weighted by molar-refractivity contribution is 5.43. The summed E-state index contributed by atoms with van der Waals surface area (Å²) < 4.78 is 0. The molecule has 1 fully saturated rings. The van der Waals surface area contributed by atoms with Gasteiger partial charge < -0.3 is 5.32 Å². The molecule has 0 spiro atoms. The molecule has 90 valence electrons. The van der Waals surface area contributed by atoms with Gasteiger partial charge >= 0.3 is 0 Å². The molecule has 1 N–H and O–H groups in total. The second-order valence-corrected chi connectivity index (χ2v) is 5.00. The molecule has 1 aromatic heterocycles. The van der Waals surface area contributed by atoms with Crippen LogP contribution in [0.3, 0.4) is 0 Å². The molecule has 1 saturated carbocycles. The van der Waals surface area contributed by atoms with Crippen molar-refractivity contribution in [1.82, 2.24) is 4.98 Å². The third-order valence-electron chi connectivity index (χ3n) is 3.51. The Morgan fingerprint density at radius 1 is 1.29 bits per heavy atom. The molecular weight excluding hydrogens is 210 g/mol. The number of anilines is 1. The van der Waals surface area contributed by atoms with E-state index in [-0.39, 0.29) is 0 Å². The van der Waals surface area contributed by atoms with Crippen molar-refractivity contribution in [3.05, 3.63) is 24.0 Å². The predicted molar refractivity (Wildman–Crippen MR) is 68.6 cm³/mol. The maximum absolute atomic E-state index is 8.68. The van der Waals surface area contributed by atoms with E-state index in [4.69, 9.17) is 5.26 Å². The number of hydrogen-bond acceptors (Lipinski definition) is 3. The van der Waals surface area contributed by atoms with Crippen LogP contribution in [0.2, 0.25) is 0 Å². The minimum Gasteiger partial charge on any atom is -0.381 e. The highest BCUT2D eigenvalue weighted by Gasteiger charge is 2.15. The van der Waals surface area contributed by atoms with E-state index >= 15 is 0 Å². The largest absolute Gasteiger partial charge is 0.381 e. The molecule has 1 aliphatic carbocycles. The first-order valence-corrected chi connectivity index (χ1v) is 6.40. The summed E-state index contributed by atoms with van der Waals surface area (Å²) in [6.07, 6.45) is 8.20. The molecule has 17 heavy (non-hydrogen) atoms. The Hall–Kier alpha value is -1.56. The third kappa shape index (κ3) is 3.45. The minimum absolute atomic E-state index is 0.477. The highest BCUT2D eigenvalue weighted by atomic mass is 14.9. The maximum Gasteiger partial charge on any atom is 0.140 e. The van der Waals surface area contributed by atoms with Crippen LogP contribution in [0.4, 0.5) is 5.69 Å². The van der Waals surface area contributed by atoms with Crippen LogP contribution in [0.5, 0.6) is 0 Å². The van der Waals surface area contributed by atoms with Crippen LogP contribution in [0.25, 0.3) is 0 Å². The van der Waals surface area contributed by atoms with Crippen LogP contribution in [0.1, 0.15) is 44.7 Å². The first-order chi connectivity index (χ1) is 8.28. The molecule has 2 unspecified atom stereocenters. The summed E-state index contributed by atoms with van der Waals surface area (Å²) in [7, 11) is 0. The van der Waals surface area contributed by atoms with E-state index in [9.17, 15) is 0 Å². The van der Waals surface area contributed by atoms with Crippen LogP contribution < -0.4 is 5.32 Å². The van der Waals surface area contributed by atoms with Crippen LogP contribution in [-0.2, 0) is 0 Å². The van der Waals surface area contributed by atoms with Gasteiger partial charge in [0.2, 0.25) is 0 Å². The van der Waals surface area contributed by atoms with Gasteiger partial charge in [-0.15, -0.1) is 0 Å². The smallest absolute Gasteiger partial charge is 0.140 e. The Bertz CT molecular complexity index is 391. The van der Waals surface area contributed by atoms with Gasteiger partial charge in [-0.2, -0.15) is 5.26 Å². The zero-order valence-corrected chi connectivity index (χ0v) is 10.3. The first-order valence-electron chi connectivity index (χ1n) is 6.40. The molecule has 0 aliphatic heterocycles. The average Bonchev–Trinajstić information content (AvgIpc) is 2.56. The molecule has 1 aliphatic rings. The average molecular weight is 229 g/mol. The fraction of sp³-hybridized carbons (Fsp3) is 0.571. The van der Waals surface area contributed by atoms with Gasteiger partial charge in [0, 0.05) is 6.04 Å². The summed E-state index contributed by atoms with van der Waals surface area (Å²) in [6, 6.07) is 6.31. The molecule has 0 saturated heterocycles. The molecule has 0 bridgehead atoms. The predicted octanol–water partition coefficient (Wildman–Crippen LogP) is 3.33. The van der Waals surface area contributed by atoms with E-state index in [2.05, 4.69) is 17.2 Å². The summed E-state index contributed by atoms with van der Waals surface area (Å²) in [5.41, 5.74) is 1.51. The third-order valence-corrected chi connectivity index (χ3v) is 3.51. The van der Waals surface area contributed by atoms with Crippen molar-refractivity contribution >= 4 is 5.69 Å². The minimum atomic E-state index is 0.477. The number of nitrogens with zero attached hydrogens (tertiary/aromatic N) is 2. The van der Waals surface area contributed by atoms with E-state index in [1.165, 1.54) is 32.1 Å². The Balaban J connectivity index is 1.93. The molecule has 1 aromatic rings. The van der Waals surface area contributed by atoms with E-state index < -0.39 is 0 Å². The molecule has 3 heteroatoms. The van der Waals surface area contributed by atoms with Crippen molar-refractivity contribution in [1.29, 1.82) is 5.26 Å². The van der Waals surface area contributed by atoms with Crippen LogP contribution in [-0.4, -0.2) is 11.0 Å². The van der Waals surface area contributed by atoms with Gasteiger partial charge in [0.15, 0.2) is 0 Å². The summed E-state index contributed by atoms with van der Waals surface area (Å²) >= 11 is 0. The van der Waals surface area contributed by atoms with Gasteiger partial charge in [-0.05, 0) is 37.3 Å². The van der Waals surface area contributed by atoms with Crippen molar-refractivity contribution in [3.8, 4) is 6.07 Å². The highest BCUT2D eigenvalue weighted by Crippen LogP contribution is 2.24. The second kappa shape index (κ2) is 5.67. The van der Waals surface area contributed by atoms with Crippen molar-refractivity contribution in [3.63, 3.8) is 0 Å². The van der Waals surface area contributed by atoms with E-state index in [1.54, 1.807) is 12.3 Å². The number of nitrogens with one attached hydrogen (secondary N) is 1. The lowest BCUT2D eigenvalue weighted by molar-refractivity contribution is 0.502. The number of pyridine rings is 1. The number of aromatic nitrogens is 1. The SMILES string of the molecule is CC1CCCC(Nc2ccc(C#N)nc2)CC1. The fourth-order valence-corrected chi connectivity index (χ4v) is 2.41. The lowest BCUT2D eigenvalue weighted by atomic mass is 10.0. The lowest BCUT2D eigenvalue weighted by Crippen LogP contribution is -2.18. The molecule has 2 rings (SSSR count). The van der Waals surface area contributed by atoms with Crippen LogP contribution in [0.15, 0.2) is 18.3 Å². The Morgan fingerprint density at radius 2 is 2.18 bits per heavy atom. The maximum atomic E-state index is 8.68. The summed E-state index contributed by atoms with van der Waals surface area (Å²) in [6.45, 7) is 2.34. The summed E-state index contributed by atoms with van der Waals surface area (Å²) in [5, 5.41) is 12.2. The zero-order valence-electron chi connectivity index (χ0n) is 10.3. The Kier molecular flexibility index (Phi) is 3.98. The quantitative estimate of drug-likeness (QED) is 0.791. The van der Waals surface area contributed by atoms with E-state index in [1.807, 2.05) is 12.1 Å². The van der Waals surface area contributed by atoms with Gasteiger partial charge in [-0.3, -0.25) is 0 Å². The normalized spacial score (nSPS) is 24.7. The zero-order chi connectivity index (χ0) is 12.1. The summed E-state index contributed by atoms with van der Waals surface area (Å²) in [4.78, 5) is 4.08. The second-order valence-electron chi connectivity index (χ2n) is 5.00.